The van der Waals surface area contributed by atoms with Gasteiger partial charge in [-0.1, -0.05) is 0 Å². The van der Waals surface area contributed by atoms with Crippen LogP contribution in [0.1, 0.15) is 15.9 Å². The van der Waals surface area contributed by atoms with Gasteiger partial charge >= 0.3 is 12.2 Å². The van der Waals surface area contributed by atoms with Gasteiger partial charge in [0.1, 0.15) is 12.4 Å². The van der Waals surface area contributed by atoms with Gasteiger partial charge in [-0.2, -0.15) is 13.2 Å². The van der Waals surface area contributed by atoms with Crippen LogP contribution in [0.4, 0.5) is 29.3 Å². The number of likely N-dealkylation sites (N-methyl/N-ethyl adjacent to an activating group) is 1. The molecular weight excluding hydrogens is 363 g/mol. The molecule has 1 aliphatic heterocycles. The molecule has 6 nitrogen and oxygen atoms in total. The van der Waals surface area contributed by atoms with Crippen LogP contribution in [0.25, 0.3) is 0 Å². The maximum Gasteiger partial charge on any atom is 0.416 e. The van der Waals surface area contributed by atoms with E-state index in [1.54, 1.807) is 19.2 Å². The van der Waals surface area contributed by atoms with Crippen molar-refractivity contribution in [2.45, 2.75) is 6.18 Å². The van der Waals surface area contributed by atoms with Crippen molar-refractivity contribution in [1.82, 2.24) is 4.90 Å². The number of halogens is 3. The summed E-state index contributed by atoms with van der Waals surface area (Å²) in [4.78, 5) is 25.9. The van der Waals surface area contributed by atoms with Crippen molar-refractivity contribution in [3.8, 4) is 5.75 Å². The molecule has 0 saturated heterocycles. The van der Waals surface area contributed by atoms with E-state index in [1.165, 1.54) is 11.0 Å². The molecule has 142 valence electrons. The lowest BCUT2D eigenvalue weighted by Crippen LogP contribution is -2.28. The van der Waals surface area contributed by atoms with Gasteiger partial charge in [-0.25, -0.2) is 4.79 Å². The van der Waals surface area contributed by atoms with E-state index in [-0.39, 0.29) is 11.6 Å². The average molecular weight is 379 g/mol. The molecular formula is C18H16F3N3O3. The normalized spacial score (nSPS) is 14.1. The summed E-state index contributed by atoms with van der Waals surface area (Å²) in [6.07, 6.45) is -4.44. The Bertz CT molecular complexity index is 866. The van der Waals surface area contributed by atoms with Gasteiger partial charge in [0.15, 0.2) is 0 Å². The Hall–Kier alpha value is -3.23. The molecule has 9 heteroatoms. The van der Waals surface area contributed by atoms with Crippen LogP contribution in [0.3, 0.4) is 0 Å². The van der Waals surface area contributed by atoms with Crippen LogP contribution >= 0.6 is 0 Å². The molecule has 0 saturated carbocycles. The Balaban J connectivity index is 1.70. The fourth-order valence-corrected chi connectivity index (χ4v) is 2.54. The van der Waals surface area contributed by atoms with Gasteiger partial charge in [0.2, 0.25) is 0 Å². The van der Waals surface area contributed by atoms with Gasteiger partial charge in [-0.15, -0.1) is 0 Å². The number of urea groups is 1. The molecule has 0 aromatic heterocycles. The molecule has 2 aromatic carbocycles. The van der Waals surface area contributed by atoms with Crippen LogP contribution in [0.2, 0.25) is 0 Å². The number of nitrogens with zero attached hydrogens (tertiary/aromatic N) is 1. The van der Waals surface area contributed by atoms with E-state index in [0.29, 0.717) is 30.2 Å². The Labute approximate surface area is 152 Å². The van der Waals surface area contributed by atoms with Crippen molar-refractivity contribution in [2.75, 3.05) is 30.8 Å². The van der Waals surface area contributed by atoms with Gasteiger partial charge < -0.3 is 20.3 Å². The summed E-state index contributed by atoms with van der Waals surface area (Å²) < 4.78 is 43.2. The topological polar surface area (TPSA) is 70.7 Å². The highest BCUT2D eigenvalue weighted by Gasteiger charge is 2.30. The first-order valence-electron chi connectivity index (χ1n) is 8.01. The fourth-order valence-electron chi connectivity index (χ4n) is 2.54. The van der Waals surface area contributed by atoms with Crippen molar-refractivity contribution >= 4 is 23.3 Å². The minimum atomic E-state index is -4.44. The summed E-state index contributed by atoms with van der Waals surface area (Å²) in [5, 5.41) is 4.98. The molecule has 1 heterocycles. The first-order valence-corrected chi connectivity index (χ1v) is 8.01. The molecule has 3 rings (SSSR count). The highest BCUT2D eigenvalue weighted by atomic mass is 19.4. The quantitative estimate of drug-likeness (QED) is 0.834. The van der Waals surface area contributed by atoms with Crippen molar-refractivity contribution < 1.29 is 27.5 Å². The van der Waals surface area contributed by atoms with Crippen LogP contribution in [0.15, 0.2) is 42.5 Å². The number of nitrogens with one attached hydrogen (secondary N) is 2. The van der Waals surface area contributed by atoms with Gasteiger partial charge in [-0.05, 0) is 42.5 Å². The molecule has 0 spiro atoms. The standard InChI is InChI=1S/C18H16F3N3O3/c1-24-8-9-27-15-7-6-13(10-14(15)16(24)25)23-17(26)22-12-4-2-11(3-5-12)18(19,20)21/h2-7,10H,8-9H2,1H3,(H2,22,23,26). The van der Waals surface area contributed by atoms with Gasteiger partial charge in [0.05, 0.1) is 17.7 Å². The summed E-state index contributed by atoms with van der Waals surface area (Å²) in [6.45, 7) is 0.821. The van der Waals surface area contributed by atoms with Gasteiger partial charge in [0.25, 0.3) is 5.91 Å². The van der Waals surface area contributed by atoms with Crippen molar-refractivity contribution in [3.63, 3.8) is 0 Å². The van der Waals surface area contributed by atoms with E-state index in [4.69, 9.17) is 4.74 Å². The number of fused-ring (bicyclic) bond motifs is 1. The second kappa shape index (κ2) is 7.18. The number of benzene rings is 2. The fraction of sp³-hybridized carbons (Fsp3) is 0.222. The Morgan fingerprint density at radius 3 is 2.37 bits per heavy atom. The van der Waals surface area contributed by atoms with Crippen LogP contribution < -0.4 is 15.4 Å². The third kappa shape index (κ3) is 4.30. The molecule has 0 aliphatic carbocycles. The Morgan fingerprint density at radius 1 is 1.07 bits per heavy atom. The summed E-state index contributed by atoms with van der Waals surface area (Å²) in [6, 6.07) is 8.08. The highest BCUT2D eigenvalue weighted by Crippen LogP contribution is 2.30. The summed E-state index contributed by atoms with van der Waals surface area (Å²) in [5.41, 5.74) is 0.0731. The largest absolute Gasteiger partial charge is 0.491 e. The molecule has 2 aromatic rings. The first-order chi connectivity index (χ1) is 12.7. The lowest BCUT2D eigenvalue weighted by Gasteiger charge is -2.13. The number of ether oxygens (including phenoxy) is 1. The van der Waals surface area contributed by atoms with E-state index in [9.17, 15) is 22.8 Å². The van der Waals surface area contributed by atoms with Crippen LogP contribution in [0.5, 0.6) is 5.75 Å². The second-order valence-electron chi connectivity index (χ2n) is 5.94. The van der Waals surface area contributed by atoms with Crippen LogP contribution in [-0.4, -0.2) is 37.0 Å². The van der Waals surface area contributed by atoms with Gasteiger partial charge in [0, 0.05) is 18.4 Å². The molecule has 2 N–H and O–H groups in total. The number of rotatable bonds is 2. The van der Waals surface area contributed by atoms with Gasteiger partial charge in [-0.3, -0.25) is 4.79 Å². The van der Waals surface area contributed by atoms with E-state index >= 15 is 0 Å². The second-order valence-corrected chi connectivity index (χ2v) is 5.94. The average Bonchev–Trinajstić information content (AvgIpc) is 2.74. The molecule has 27 heavy (non-hydrogen) atoms. The Kier molecular flexibility index (Phi) is 4.93. The predicted octanol–water partition coefficient (Wildman–Crippen LogP) is 3.81. The van der Waals surface area contributed by atoms with Crippen molar-refractivity contribution in [2.24, 2.45) is 0 Å². The van der Waals surface area contributed by atoms with Crippen LogP contribution in [0, 0.1) is 0 Å². The zero-order valence-electron chi connectivity index (χ0n) is 14.3. The van der Waals surface area contributed by atoms with Crippen LogP contribution in [-0.2, 0) is 6.18 Å². The number of carbonyl (C=O) groups is 2. The SMILES string of the molecule is CN1CCOc2ccc(NC(=O)Nc3ccc(C(F)(F)F)cc3)cc2C1=O. The lowest BCUT2D eigenvalue weighted by molar-refractivity contribution is -0.137. The predicted molar refractivity (Wildman–Crippen MR) is 93.0 cm³/mol. The molecule has 0 bridgehead atoms. The monoisotopic (exact) mass is 379 g/mol. The zero-order chi connectivity index (χ0) is 19.6. The molecule has 0 fully saturated rings. The van der Waals surface area contributed by atoms with E-state index in [1.807, 2.05) is 0 Å². The first kappa shape index (κ1) is 18.6. The lowest BCUT2D eigenvalue weighted by atomic mass is 10.1. The molecule has 0 atom stereocenters. The highest BCUT2D eigenvalue weighted by molar-refractivity contribution is 6.02. The number of amides is 3. The third-order valence-corrected chi connectivity index (χ3v) is 3.97. The Morgan fingerprint density at radius 2 is 1.70 bits per heavy atom. The molecule has 0 radical (unpaired) electrons. The van der Waals surface area contributed by atoms with Crippen molar-refractivity contribution in [3.05, 3.63) is 53.6 Å². The number of alkyl halides is 3. The van der Waals surface area contributed by atoms with E-state index < -0.39 is 17.8 Å². The zero-order valence-corrected chi connectivity index (χ0v) is 14.3. The third-order valence-electron chi connectivity index (χ3n) is 3.97. The number of carbonyl (C=O) groups excluding carboxylic acids is 2. The summed E-state index contributed by atoms with van der Waals surface area (Å²) >= 11 is 0. The maximum atomic E-state index is 12.6. The molecule has 1 aliphatic rings. The van der Waals surface area contributed by atoms with Crippen molar-refractivity contribution in [1.29, 1.82) is 0 Å². The molecule has 3 amide bonds. The minimum absolute atomic E-state index is 0.203. The van der Waals surface area contributed by atoms with E-state index in [2.05, 4.69) is 10.6 Å². The smallest absolute Gasteiger partial charge is 0.416 e. The number of hydrogen-bond acceptors (Lipinski definition) is 3. The maximum absolute atomic E-state index is 12.6. The number of anilines is 2. The summed E-state index contributed by atoms with van der Waals surface area (Å²) in [7, 11) is 1.65. The minimum Gasteiger partial charge on any atom is -0.491 e. The summed E-state index contributed by atoms with van der Waals surface area (Å²) in [5.74, 6) is 0.201. The number of hydrogen-bond donors (Lipinski definition) is 2. The van der Waals surface area contributed by atoms with E-state index in [0.717, 1.165) is 24.3 Å². The molecule has 0 unspecified atom stereocenters.